The highest BCUT2D eigenvalue weighted by Gasteiger charge is 2.34. The molecule has 0 aliphatic carbocycles. The molecule has 0 N–H and O–H groups in total. The number of rotatable bonds is 4. The van der Waals surface area contributed by atoms with Crippen LogP contribution in [0.5, 0.6) is 0 Å². The first kappa shape index (κ1) is 16.4. The molecule has 3 heterocycles. The van der Waals surface area contributed by atoms with Gasteiger partial charge in [0, 0.05) is 39.7 Å². The SMILES string of the molecule is CC[C@H]1OCCC[C@H]1C(=O)N1CCN(Cc2noc(C)n2)CC1. The fourth-order valence-electron chi connectivity index (χ4n) is 3.49. The highest BCUT2D eigenvalue weighted by atomic mass is 16.5. The molecule has 2 aliphatic heterocycles. The van der Waals surface area contributed by atoms with E-state index >= 15 is 0 Å². The van der Waals surface area contributed by atoms with Gasteiger partial charge in [-0.1, -0.05) is 12.1 Å². The Morgan fingerprint density at radius 2 is 2.09 bits per heavy atom. The van der Waals surface area contributed by atoms with Gasteiger partial charge in [0.2, 0.25) is 11.8 Å². The fourth-order valence-corrected chi connectivity index (χ4v) is 3.49. The predicted octanol–water partition coefficient (Wildman–Crippen LogP) is 1.23. The van der Waals surface area contributed by atoms with E-state index in [0.717, 1.165) is 52.0 Å². The van der Waals surface area contributed by atoms with Gasteiger partial charge in [-0.25, -0.2) is 0 Å². The summed E-state index contributed by atoms with van der Waals surface area (Å²) in [5.41, 5.74) is 0. The van der Waals surface area contributed by atoms with E-state index in [2.05, 4.69) is 22.0 Å². The number of hydrogen-bond acceptors (Lipinski definition) is 6. The summed E-state index contributed by atoms with van der Waals surface area (Å²) >= 11 is 0. The molecule has 0 unspecified atom stereocenters. The molecule has 2 aliphatic rings. The summed E-state index contributed by atoms with van der Waals surface area (Å²) in [5.74, 6) is 1.62. The quantitative estimate of drug-likeness (QED) is 0.830. The predicted molar refractivity (Wildman–Crippen MR) is 83.6 cm³/mol. The van der Waals surface area contributed by atoms with Crippen molar-refractivity contribution < 1.29 is 14.1 Å². The van der Waals surface area contributed by atoms with Crippen molar-refractivity contribution in [2.45, 2.75) is 45.8 Å². The number of amides is 1. The van der Waals surface area contributed by atoms with Crippen LogP contribution in [0, 0.1) is 12.8 Å². The Hall–Kier alpha value is -1.47. The summed E-state index contributed by atoms with van der Waals surface area (Å²) in [7, 11) is 0. The number of carbonyl (C=O) groups is 1. The lowest BCUT2D eigenvalue weighted by molar-refractivity contribution is -0.147. The Morgan fingerprint density at radius 1 is 1.30 bits per heavy atom. The van der Waals surface area contributed by atoms with Crippen molar-refractivity contribution in [3.05, 3.63) is 11.7 Å². The monoisotopic (exact) mass is 322 g/mol. The van der Waals surface area contributed by atoms with Gasteiger partial charge < -0.3 is 14.2 Å². The maximum Gasteiger partial charge on any atom is 0.228 e. The molecule has 23 heavy (non-hydrogen) atoms. The largest absolute Gasteiger partial charge is 0.377 e. The molecule has 0 aromatic carbocycles. The molecule has 2 saturated heterocycles. The second kappa shape index (κ2) is 7.40. The van der Waals surface area contributed by atoms with Crippen molar-refractivity contribution in [3.63, 3.8) is 0 Å². The van der Waals surface area contributed by atoms with E-state index in [0.29, 0.717) is 18.3 Å². The normalized spacial score (nSPS) is 26.4. The topological polar surface area (TPSA) is 71.7 Å². The Bertz CT molecular complexity index is 525. The van der Waals surface area contributed by atoms with Gasteiger partial charge in [0.25, 0.3) is 0 Å². The van der Waals surface area contributed by atoms with Crippen LogP contribution in [-0.2, 0) is 16.1 Å². The number of hydrogen-bond donors (Lipinski definition) is 0. The van der Waals surface area contributed by atoms with Crippen LogP contribution in [0.2, 0.25) is 0 Å². The first-order valence-corrected chi connectivity index (χ1v) is 8.59. The van der Waals surface area contributed by atoms with Crippen molar-refractivity contribution in [1.29, 1.82) is 0 Å². The third kappa shape index (κ3) is 3.90. The van der Waals surface area contributed by atoms with E-state index in [1.165, 1.54) is 0 Å². The van der Waals surface area contributed by atoms with Gasteiger partial charge >= 0.3 is 0 Å². The molecule has 3 rings (SSSR count). The Kier molecular flexibility index (Phi) is 5.27. The van der Waals surface area contributed by atoms with E-state index in [-0.39, 0.29) is 17.9 Å². The van der Waals surface area contributed by atoms with Crippen LogP contribution in [0.15, 0.2) is 4.52 Å². The summed E-state index contributed by atoms with van der Waals surface area (Å²) in [4.78, 5) is 21.3. The number of carbonyl (C=O) groups excluding carboxylic acids is 1. The van der Waals surface area contributed by atoms with Gasteiger partial charge in [-0.05, 0) is 19.3 Å². The van der Waals surface area contributed by atoms with E-state index in [4.69, 9.17) is 9.26 Å². The Labute approximate surface area is 137 Å². The molecule has 0 bridgehead atoms. The van der Waals surface area contributed by atoms with Crippen LogP contribution in [-0.4, -0.2) is 64.7 Å². The molecule has 1 aromatic heterocycles. The maximum absolute atomic E-state index is 12.8. The van der Waals surface area contributed by atoms with E-state index < -0.39 is 0 Å². The van der Waals surface area contributed by atoms with Crippen LogP contribution < -0.4 is 0 Å². The molecule has 7 heteroatoms. The second-order valence-electron chi connectivity index (χ2n) is 6.40. The number of nitrogens with zero attached hydrogens (tertiary/aromatic N) is 4. The molecule has 7 nitrogen and oxygen atoms in total. The van der Waals surface area contributed by atoms with Gasteiger partial charge in [-0.15, -0.1) is 0 Å². The zero-order chi connectivity index (χ0) is 16.2. The first-order valence-electron chi connectivity index (χ1n) is 8.59. The molecule has 0 saturated carbocycles. The van der Waals surface area contributed by atoms with Crippen LogP contribution in [0.3, 0.4) is 0 Å². The lowest BCUT2D eigenvalue weighted by Gasteiger charge is -2.38. The first-order chi connectivity index (χ1) is 11.2. The van der Waals surface area contributed by atoms with Crippen molar-refractivity contribution in [2.75, 3.05) is 32.8 Å². The van der Waals surface area contributed by atoms with Crippen molar-refractivity contribution in [1.82, 2.24) is 19.9 Å². The molecule has 0 radical (unpaired) electrons. The minimum atomic E-state index is 0.0418. The van der Waals surface area contributed by atoms with Crippen LogP contribution in [0.1, 0.15) is 37.9 Å². The summed E-state index contributed by atoms with van der Waals surface area (Å²) in [5, 5.41) is 3.93. The van der Waals surface area contributed by atoms with E-state index in [1.807, 2.05) is 4.90 Å². The van der Waals surface area contributed by atoms with Crippen molar-refractivity contribution in [3.8, 4) is 0 Å². The molecule has 1 amide bonds. The third-order valence-corrected chi connectivity index (χ3v) is 4.78. The van der Waals surface area contributed by atoms with E-state index in [9.17, 15) is 4.79 Å². The standard InChI is InChI=1S/C16H26N4O3/c1-3-14-13(5-4-10-22-14)16(21)20-8-6-19(7-9-20)11-15-17-12(2)23-18-15/h13-14H,3-11H2,1-2H3/t13-,14-/m1/s1. The minimum Gasteiger partial charge on any atom is -0.377 e. The van der Waals surface area contributed by atoms with Gasteiger partial charge in [0.1, 0.15) is 0 Å². The summed E-state index contributed by atoms with van der Waals surface area (Å²) in [6, 6.07) is 0. The molecule has 128 valence electrons. The summed E-state index contributed by atoms with van der Waals surface area (Å²) < 4.78 is 10.8. The molecule has 2 atom stereocenters. The average Bonchev–Trinajstić information content (AvgIpc) is 3.00. The smallest absolute Gasteiger partial charge is 0.228 e. The Balaban J connectivity index is 1.50. The van der Waals surface area contributed by atoms with Crippen LogP contribution in [0.25, 0.3) is 0 Å². The average molecular weight is 322 g/mol. The molecule has 1 aromatic rings. The van der Waals surface area contributed by atoms with Gasteiger partial charge in [-0.3, -0.25) is 9.69 Å². The highest BCUT2D eigenvalue weighted by Crippen LogP contribution is 2.25. The van der Waals surface area contributed by atoms with Gasteiger partial charge in [0.15, 0.2) is 5.82 Å². The molecular formula is C16H26N4O3. The maximum atomic E-state index is 12.8. The third-order valence-electron chi connectivity index (χ3n) is 4.78. The number of ether oxygens (including phenoxy) is 1. The molecular weight excluding hydrogens is 296 g/mol. The summed E-state index contributed by atoms with van der Waals surface area (Å²) in [6.07, 6.45) is 2.95. The summed E-state index contributed by atoms with van der Waals surface area (Å²) in [6.45, 7) is 8.60. The van der Waals surface area contributed by atoms with Crippen LogP contribution in [0.4, 0.5) is 0 Å². The number of aryl methyl sites for hydroxylation is 1. The van der Waals surface area contributed by atoms with Crippen molar-refractivity contribution in [2.24, 2.45) is 5.92 Å². The fraction of sp³-hybridized carbons (Fsp3) is 0.812. The van der Waals surface area contributed by atoms with Gasteiger partial charge in [-0.2, -0.15) is 4.98 Å². The Morgan fingerprint density at radius 3 is 2.74 bits per heavy atom. The van der Waals surface area contributed by atoms with Crippen LogP contribution >= 0.6 is 0 Å². The van der Waals surface area contributed by atoms with Gasteiger partial charge in [0.05, 0.1) is 18.6 Å². The van der Waals surface area contributed by atoms with Crippen molar-refractivity contribution >= 4 is 5.91 Å². The van der Waals surface area contributed by atoms with E-state index in [1.54, 1.807) is 6.92 Å². The lowest BCUT2D eigenvalue weighted by atomic mass is 9.91. The minimum absolute atomic E-state index is 0.0418. The number of aromatic nitrogens is 2. The zero-order valence-electron chi connectivity index (χ0n) is 14.0. The highest BCUT2D eigenvalue weighted by molar-refractivity contribution is 5.79. The number of piperazine rings is 1. The lowest BCUT2D eigenvalue weighted by Crippen LogP contribution is -2.52. The molecule has 2 fully saturated rings. The second-order valence-corrected chi connectivity index (χ2v) is 6.40. The molecule has 0 spiro atoms. The zero-order valence-corrected chi connectivity index (χ0v) is 14.0.